The summed E-state index contributed by atoms with van der Waals surface area (Å²) >= 11 is 0. The van der Waals surface area contributed by atoms with Crippen LogP contribution in [0.25, 0.3) is 0 Å². The van der Waals surface area contributed by atoms with E-state index >= 15 is 0 Å². The van der Waals surface area contributed by atoms with Gasteiger partial charge in [0, 0.05) is 5.41 Å². The summed E-state index contributed by atoms with van der Waals surface area (Å²) in [5, 5.41) is 60.1. The van der Waals surface area contributed by atoms with Crippen LogP contribution in [0.1, 0.15) is 106 Å². The number of aliphatic hydroxyl groups is 5. The number of carbonyl (C=O) groups is 2. The molecule has 0 heterocycles. The number of fused-ring (bicyclic) bond motifs is 7. The van der Waals surface area contributed by atoms with E-state index in [0.717, 1.165) is 51.4 Å². The van der Waals surface area contributed by atoms with Crippen LogP contribution in [-0.2, 0) is 14.3 Å². The number of hydrogen-bond acceptors (Lipinski definition) is 8. The molecular weight excluding hydrogens is 576 g/mol. The Hall–Kier alpha value is -1.52. The predicted octanol–water partition coefficient (Wildman–Crippen LogP) is 4.08. The first kappa shape index (κ1) is 34.8. The number of aliphatic hydroxyl groups excluding tert-OH is 5. The Morgan fingerprint density at radius 1 is 0.889 bits per heavy atom. The molecule has 256 valence electrons. The van der Waals surface area contributed by atoms with Crippen molar-refractivity contribution >= 4 is 11.9 Å². The molecule has 0 aromatic heterocycles. The minimum absolute atomic E-state index is 0.00300. The van der Waals surface area contributed by atoms with Gasteiger partial charge in [0.05, 0.1) is 12.0 Å². The molecule has 0 radical (unpaired) electrons. The van der Waals surface area contributed by atoms with E-state index in [0.29, 0.717) is 24.2 Å². The zero-order chi connectivity index (χ0) is 33.5. The summed E-state index contributed by atoms with van der Waals surface area (Å²) in [6, 6.07) is 0. The highest BCUT2D eigenvalue weighted by atomic mass is 16.6. The quantitative estimate of drug-likeness (QED) is 0.179. The fourth-order valence-electron chi connectivity index (χ4n) is 11.9. The summed E-state index contributed by atoms with van der Waals surface area (Å²) in [4.78, 5) is 25.9. The number of allylic oxidation sites excluding steroid dienone is 2. The topological polar surface area (TPSA) is 165 Å². The van der Waals surface area contributed by atoms with Gasteiger partial charge < -0.3 is 35.4 Å². The molecule has 45 heavy (non-hydrogen) atoms. The van der Waals surface area contributed by atoms with Gasteiger partial charge in [0.15, 0.2) is 6.10 Å². The Morgan fingerprint density at radius 3 is 2.18 bits per heavy atom. The van der Waals surface area contributed by atoms with Crippen molar-refractivity contribution in [1.82, 2.24) is 0 Å². The van der Waals surface area contributed by atoms with Gasteiger partial charge in [-0.05, 0) is 104 Å². The van der Waals surface area contributed by atoms with Gasteiger partial charge in [0.1, 0.15) is 24.4 Å². The molecule has 5 rings (SSSR count). The van der Waals surface area contributed by atoms with Crippen LogP contribution in [0.4, 0.5) is 0 Å². The van der Waals surface area contributed by atoms with Gasteiger partial charge in [-0.25, -0.2) is 4.79 Å². The van der Waals surface area contributed by atoms with Crippen molar-refractivity contribution in [1.29, 1.82) is 0 Å². The maximum absolute atomic E-state index is 13.0. The van der Waals surface area contributed by atoms with Gasteiger partial charge in [-0.1, -0.05) is 60.1 Å². The van der Waals surface area contributed by atoms with Crippen LogP contribution in [0.3, 0.4) is 0 Å². The first-order valence-electron chi connectivity index (χ1n) is 17.3. The first-order valence-corrected chi connectivity index (χ1v) is 17.3. The Morgan fingerprint density at radius 2 is 1.56 bits per heavy atom. The van der Waals surface area contributed by atoms with E-state index in [-0.39, 0.29) is 28.1 Å². The average molecular weight is 635 g/mol. The molecule has 0 spiro atoms. The summed E-state index contributed by atoms with van der Waals surface area (Å²) in [5.41, 5.74) is 0.163. The van der Waals surface area contributed by atoms with Crippen LogP contribution in [0.15, 0.2) is 11.6 Å². The molecule has 14 atom stereocenters. The van der Waals surface area contributed by atoms with E-state index in [1.807, 2.05) is 0 Å². The molecule has 6 N–H and O–H groups in total. The smallest absolute Gasteiger partial charge is 0.338 e. The van der Waals surface area contributed by atoms with E-state index in [1.54, 1.807) is 0 Å². The van der Waals surface area contributed by atoms with E-state index in [9.17, 15) is 35.1 Å². The highest BCUT2D eigenvalue weighted by molar-refractivity contribution is 5.77. The summed E-state index contributed by atoms with van der Waals surface area (Å²) < 4.78 is 5.86. The SMILES string of the molecule is CC1CCC2(C(=O)O)CCC3(C)C(=CCC4C5(C)CCC(OC(=O)C(O)C(O)C(O)C(O)CO)C(C)(C)C5CCC43C)C2C1C. The average Bonchev–Trinajstić information content (AvgIpc) is 2.98. The third-order valence-electron chi connectivity index (χ3n) is 15.1. The van der Waals surface area contributed by atoms with Crippen LogP contribution in [-0.4, -0.2) is 79.7 Å². The third-order valence-corrected chi connectivity index (χ3v) is 15.1. The number of ether oxygens (including phenoxy) is 1. The molecule has 4 fully saturated rings. The van der Waals surface area contributed by atoms with Crippen molar-refractivity contribution in [3.63, 3.8) is 0 Å². The van der Waals surface area contributed by atoms with Crippen LogP contribution >= 0.6 is 0 Å². The van der Waals surface area contributed by atoms with Crippen molar-refractivity contribution in [2.45, 2.75) is 137 Å². The monoisotopic (exact) mass is 634 g/mol. The Kier molecular flexibility index (Phi) is 8.95. The lowest BCUT2D eigenvalue weighted by Gasteiger charge is -2.71. The summed E-state index contributed by atoms with van der Waals surface area (Å²) in [6.45, 7) is 15.3. The number of rotatable bonds is 7. The molecule has 0 saturated heterocycles. The van der Waals surface area contributed by atoms with Gasteiger partial charge in [0.25, 0.3) is 0 Å². The lowest BCUT2D eigenvalue weighted by Crippen LogP contribution is -2.65. The number of aliphatic carboxylic acids is 1. The van der Waals surface area contributed by atoms with Gasteiger partial charge in [-0.2, -0.15) is 0 Å². The zero-order valence-corrected chi connectivity index (χ0v) is 28.3. The van der Waals surface area contributed by atoms with Crippen molar-refractivity contribution in [3.05, 3.63) is 11.6 Å². The highest BCUT2D eigenvalue weighted by Crippen LogP contribution is 2.75. The first-order chi connectivity index (χ1) is 20.8. The van der Waals surface area contributed by atoms with Crippen molar-refractivity contribution in [2.75, 3.05) is 6.61 Å². The lowest BCUT2D eigenvalue weighted by molar-refractivity contribution is -0.220. The summed E-state index contributed by atoms with van der Waals surface area (Å²) in [6.07, 6.45) is 1.91. The van der Waals surface area contributed by atoms with E-state index in [4.69, 9.17) is 9.84 Å². The Bertz CT molecular complexity index is 1200. The normalized spacial score (nSPS) is 46.5. The summed E-state index contributed by atoms with van der Waals surface area (Å²) in [7, 11) is 0. The minimum atomic E-state index is -2.06. The summed E-state index contributed by atoms with van der Waals surface area (Å²) in [5.74, 6) is -0.192. The van der Waals surface area contributed by atoms with E-state index < -0.39 is 59.9 Å². The maximum atomic E-state index is 13.0. The molecule has 5 aliphatic carbocycles. The number of carboxylic acid groups (broad SMARTS) is 1. The second-order valence-electron chi connectivity index (χ2n) is 17.1. The number of carboxylic acids is 1. The molecule has 9 nitrogen and oxygen atoms in total. The zero-order valence-electron chi connectivity index (χ0n) is 28.3. The molecule has 5 aliphatic rings. The maximum Gasteiger partial charge on any atom is 0.338 e. The Balaban J connectivity index is 1.41. The van der Waals surface area contributed by atoms with Crippen LogP contribution in [0, 0.1) is 56.7 Å². The molecule has 9 heteroatoms. The fourth-order valence-corrected chi connectivity index (χ4v) is 11.9. The van der Waals surface area contributed by atoms with Gasteiger partial charge in [-0.3, -0.25) is 4.79 Å². The second kappa shape index (κ2) is 11.6. The van der Waals surface area contributed by atoms with Gasteiger partial charge >= 0.3 is 11.9 Å². The molecule has 0 amide bonds. The van der Waals surface area contributed by atoms with Crippen molar-refractivity contribution in [2.24, 2.45) is 56.7 Å². The molecule has 4 saturated carbocycles. The molecule has 0 bridgehead atoms. The largest absolute Gasteiger partial charge is 0.481 e. The van der Waals surface area contributed by atoms with Crippen molar-refractivity contribution in [3.8, 4) is 0 Å². The molecular formula is C36H58O9. The van der Waals surface area contributed by atoms with Gasteiger partial charge in [0.2, 0.25) is 0 Å². The minimum Gasteiger partial charge on any atom is -0.481 e. The molecule has 0 aromatic carbocycles. The number of carbonyl (C=O) groups excluding carboxylic acids is 1. The Labute approximate surface area is 268 Å². The third kappa shape index (κ3) is 4.88. The van der Waals surface area contributed by atoms with Crippen LogP contribution in [0.2, 0.25) is 0 Å². The van der Waals surface area contributed by atoms with Crippen LogP contribution in [0.5, 0.6) is 0 Å². The number of hydrogen-bond donors (Lipinski definition) is 6. The van der Waals surface area contributed by atoms with E-state index in [1.165, 1.54) is 5.57 Å². The highest BCUT2D eigenvalue weighted by Gasteiger charge is 2.69. The standard InChI is InChI=1S/C36H58O9/c1-19-10-15-36(31(43)44)17-16-34(6)21(26(36)20(19)2)8-9-24-33(5)13-12-25(32(3,4)23(33)11-14-35(24,34)7)45-30(42)29(41)28(40)27(39)22(38)18-37/h8,19-20,22-29,37-41H,9-18H2,1-7H3,(H,43,44). The fraction of sp³-hybridized carbons (Fsp3) is 0.889. The lowest BCUT2D eigenvalue weighted by atomic mass is 9.33. The molecule has 0 aromatic rings. The van der Waals surface area contributed by atoms with Crippen LogP contribution < -0.4 is 0 Å². The molecule has 14 unspecified atom stereocenters. The van der Waals surface area contributed by atoms with Gasteiger partial charge in [-0.15, -0.1) is 0 Å². The predicted molar refractivity (Wildman–Crippen MR) is 168 cm³/mol. The molecule has 0 aliphatic heterocycles. The number of esters is 1. The van der Waals surface area contributed by atoms with E-state index in [2.05, 4.69) is 54.5 Å². The second-order valence-corrected chi connectivity index (χ2v) is 17.1. The van der Waals surface area contributed by atoms with Crippen molar-refractivity contribution < 1.29 is 45.0 Å².